The lowest BCUT2D eigenvalue weighted by molar-refractivity contribution is 0.0600. The molecule has 25 nitrogen and oxygen atoms in total. The topological polar surface area (TPSA) is 352 Å². The van der Waals surface area contributed by atoms with Crippen LogP contribution < -0.4 is 84.9 Å². The van der Waals surface area contributed by atoms with Crippen LogP contribution in [-0.2, 0) is 47.8 Å². The van der Waals surface area contributed by atoms with Crippen LogP contribution in [0.25, 0.3) is 43.6 Å². The molecule has 0 saturated heterocycles. The first-order valence-corrected chi connectivity index (χ1v) is 42.3. The second-order valence-electron chi connectivity index (χ2n) is 33.8. The fourth-order valence-electron chi connectivity index (χ4n) is 18.9. The molecule has 29 heteroatoms. The third-order valence-electron chi connectivity index (χ3n) is 25.9. The summed E-state index contributed by atoms with van der Waals surface area (Å²) in [5.41, 5.74) is 31.0. The van der Waals surface area contributed by atoms with Gasteiger partial charge < -0.3 is 81.4 Å². The predicted octanol–water partition coefficient (Wildman–Crippen LogP) is 14.9. The number of ether oxygens (including phenoxy) is 4. The number of hydrogen-bond donors (Lipinski definition) is 8. The number of aromatic nitrogens is 8. The lowest BCUT2D eigenvalue weighted by Crippen LogP contribution is -2.48. The third kappa shape index (κ3) is 14.5. The van der Waals surface area contributed by atoms with Crippen molar-refractivity contribution >= 4 is 89.1 Å². The molecular formula is C93H99F4N17O8. The zero-order chi connectivity index (χ0) is 84.9. The second-order valence-corrected chi connectivity index (χ2v) is 33.8. The Bertz CT molecular complexity index is 6190. The Morgan fingerprint density at radius 3 is 0.975 bits per heavy atom. The molecule has 632 valence electrons. The standard InChI is InChI=1S/2C24H27FN4O2.C23H25FN4O2.C22H20FN5O2/c1-15-13-29-21-17(22(15)30)19(26)18(25)20(23(21)31-14-24(29)9-3-4-10-24)28-12-6-8-16-7-2-5-11-27-16;1-15-13-29-21-17(22(15)30)19(26)18(25)20(23(21)31-14-24(29)8-2-3-9-24)28-10-4-5-16-6-11-27-12-7-16;1-14-12-28-20-16(21(14)29)18(25)17(24)19(22(20)30-13-23(28)8-5-9-23)27-11-4-7-15-6-2-3-10-26-15;23-16-17(25)15-19-21(18(16)27-9-3-5-14-4-1-2-8-26-14)30-12-22(6-7-22)28(19)11-13(10-24)20(15)29/h2,5,7,11,13,28H,3-4,6,8-10,12,14,26H2,1H3;6-7,11-13,28H,2-5,8-10,14,26H2,1H3;2-3,6,10,12,27H,4-5,7-9,11,13,25H2,1H3;1-2,4,8,11,27H,3,5-7,9,12,25H2. The summed E-state index contributed by atoms with van der Waals surface area (Å²) in [5, 5.41) is 22.8. The summed E-state index contributed by atoms with van der Waals surface area (Å²) >= 11 is 0. The largest absolute Gasteiger partial charge is 0.487 e. The van der Waals surface area contributed by atoms with Crippen LogP contribution >= 0.6 is 0 Å². The molecule has 20 rings (SSSR count). The number of nitrogens with one attached hydrogen (secondary N) is 4. The number of aryl methyl sites for hydroxylation is 7. The first-order chi connectivity index (χ1) is 59.1. The van der Waals surface area contributed by atoms with Gasteiger partial charge in [-0.1, -0.05) is 43.9 Å². The van der Waals surface area contributed by atoms with E-state index in [9.17, 15) is 24.4 Å². The molecule has 12 heterocycles. The van der Waals surface area contributed by atoms with E-state index in [1.807, 2.05) is 96.0 Å². The Labute approximate surface area is 700 Å². The Hall–Kier alpha value is -12.9. The average molecular weight is 1660 g/mol. The summed E-state index contributed by atoms with van der Waals surface area (Å²) in [4.78, 5) is 68.4. The Morgan fingerprint density at radius 2 is 0.689 bits per heavy atom. The molecule has 0 amide bonds. The molecule has 12 N–H and O–H groups in total. The Balaban J connectivity index is 0.000000116. The SMILES string of the molecule is Cc1cn2c3c(c(NCCCc4ccccn4)c(F)c(N)c3c1=O)OCC21CCC1.Cc1cn2c3c(c(NCCCc4ccccn4)c(F)c(N)c3c1=O)OCC21CCCC1.Cc1cn2c3c(c(NCCCc4ccncc4)c(F)c(N)c3c1=O)OCC21CCCC1.N#Cc1cn2c3c(c(NCCCc4ccccn4)c(F)c(N)c3c1=O)OCC21CC1. The van der Waals surface area contributed by atoms with Crippen LogP contribution in [0.3, 0.4) is 0 Å². The van der Waals surface area contributed by atoms with Crippen molar-refractivity contribution in [2.24, 2.45) is 0 Å². The van der Waals surface area contributed by atoms with Crippen LogP contribution in [-0.4, -0.2) is 90.8 Å². The highest BCUT2D eigenvalue weighted by Gasteiger charge is 2.51. The van der Waals surface area contributed by atoms with E-state index in [1.165, 1.54) is 5.56 Å². The molecule has 8 aromatic heterocycles. The summed E-state index contributed by atoms with van der Waals surface area (Å²) in [6.45, 7) is 9.21. The molecule has 0 bridgehead atoms. The quantitative estimate of drug-likeness (QED) is 0.0200. The predicted molar refractivity (Wildman–Crippen MR) is 467 cm³/mol. The minimum absolute atomic E-state index is 0.0200. The van der Waals surface area contributed by atoms with Crippen molar-refractivity contribution < 1.29 is 36.5 Å². The number of nitriles is 1. The van der Waals surface area contributed by atoms with E-state index in [-0.39, 0.29) is 117 Å². The molecule has 12 aromatic rings. The lowest BCUT2D eigenvalue weighted by Gasteiger charge is -2.47. The average Bonchev–Trinajstić information content (AvgIpc) is 1.26. The Morgan fingerprint density at radius 1 is 0.393 bits per heavy atom. The summed E-state index contributed by atoms with van der Waals surface area (Å²) in [7, 11) is 0. The van der Waals surface area contributed by atoms with E-state index in [0.29, 0.717) is 109 Å². The number of pyridine rings is 8. The van der Waals surface area contributed by atoms with Crippen LogP contribution in [0.2, 0.25) is 0 Å². The van der Waals surface area contributed by atoms with Crippen molar-refractivity contribution in [3.63, 3.8) is 0 Å². The maximum Gasteiger partial charge on any atom is 0.209 e. The monoisotopic (exact) mass is 1660 g/mol. The van der Waals surface area contributed by atoms with E-state index in [1.54, 1.807) is 58.0 Å². The molecular weight excluding hydrogens is 1560 g/mol. The number of nitrogens with two attached hydrogens (primary N) is 4. The zero-order valence-corrected chi connectivity index (χ0v) is 68.7. The molecule has 0 unspecified atom stereocenters. The number of benzene rings is 4. The van der Waals surface area contributed by atoms with Gasteiger partial charge in [-0.3, -0.25) is 39.1 Å². The van der Waals surface area contributed by atoms with Gasteiger partial charge in [0.1, 0.15) is 60.8 Å². The van der Waals surface area contributed by atoms with Gasteiger partial charge in [-0.05, 0) is 184 Å². The van der Waals surface area contributed by atoms with E-state index in [4.69, 9.17) is 41.9 Å². The van der Waals surface area contributed by atoms with Gasteiger partial charge in [-0.15, -0.1) is 0 Å². The van der Waals surface area contributed by atoms with E-state index < -0.39 is 28.7 Å². The van der Waals surface area contributed by atoms with Crippen molar-refractivity contribution in [2.75, 3.05) is 96.8 Å². The normalized spacial score (nSPS) is 16.3. The van der Waals surface area contributed by atoms with Gasteiger partial charge in [-0.25, -0.2) is 17.6 Å². The van der Waals surface area contributed by atoms with Crippen molar-refractivity contribution in [2.45, 2.75) is 178 Å². The van der Waals surface area contributed by atoms with Gasteiger partial charge in [0, 0.05) is 116 Å². The summed E-state index contributed by atoms with van der Waals surface area (Å²) in [6.07, 6.45) is 35.5. The molecule has 4 aliphatic carbocycles. The maximum atomic E-state index is 15.3. The molecule has 4 saturated carbocycles. The number of halogens is 4. The first-order valence-electron chi connectivity index (χ1n) is 42.3. The molecule has 4 aliphatic heterocycles. The van der Waals surface area contributed by atoms with Crippen LogP contribution in [0, 0.1) is 55.4 Å². The minimum Gasteiger partial charge on any atom is -0.487 e. The lowest BCUT2D eigenvalue weighted by atomic mass is 9.76. The molecule has 0 atom stereocenters. The van der Waals surface area contributed by atoms with Gasteiger partial charge in [-0.2, -0.15) is 5.26 Å². The van der Waals surface area contributed by atoms with E-state index >= 15 is 17.6 Å². The van der Waals surface area contributed by atoms with Gasteiger partial charge in [0.25, 0.3) is 0 Å². The van der Waals surface area contributed by atoms with Gasteiger partial charge in [0.05, 0.1) is 88.5 Å². The molecule has 0 radical (unpaired) electrons. The van der Waals surface area contributed by atoms with Crippen LogP contribution in [0.4, 0.5) is 63.1 Å². The fraction of sp³-hybridized carbons (Fsp3) is 0.387. The van der Waals surface area contributed by atoms with Crippen LogP contribution in [0.5, 0.6) is 23.0 Å². The molecule has 4 aromatic carbocycles. The summed E-state index contributed by atoms with van der Waals surface area (Å²) < 4.78 is 93.9. The number of nitrogen functional groups attached to an aromatic ring is 4. The highest BCUT2D eigenvalue weighted by molar-refractivity contribution is 6.04. The van der Waals surface area contributed by atoms with Gasteiger partial charge >= 0.3 is 0 Å². The minimum atomic E-state index is -0.721. The maximum absolute atomic E-state index is 15.3. The third-order valence-corrected chi connectivity index (χ3v) is 25.9. The molecule has 4 fully saturated rings. The number of anilines is 8. The van der Waals surface area contributed by atoms with E-state index in [0.717, 1.165) is 152 Å². The second kappa shape index (κ2) is 33.3. The fourth-order valence-corrected chi connectivity index (χ4v) is 18.9. The zero-order valence-electron chi connectivity index (χ0n) is 68.7. The summed E-state index contributed by atoms with van der Waals surface area (Å²) in [5.74, 6) is -1.08. The van der Waals surface area contributed by atoms with Crippen molar-refractivity contribution in [1.82, 2.24) is 38.2 Å². The highest BCUT2D eigenvalue weighted by Crippen LogP contribution is 2.55. The van der Waals surface area contributed by atoms with E-state index in [2.05, 4.69) is 54.9 Å². The number of fused-ring (bicyclic) bond motifs is 4. The van der Waals surface area contributed by atoms with Crippen molar-refractivity contribution in [1.29, 1.82) is 5.26 Å². The van der Waals surface area contributed by atoms with Gasteiger partial charge in [0.15, 0.2) is 62.6 Å². The molecule has 122 heavy (non-hydrogen) atoms. The molecule has 8 aliphatic rings. The van der Waals surface area contributed by atoms with Crippen molar-refractivity contribution in [3.05, 3.63) is 232 Å². The number of nitrogens with zero attached hydrogens (tertiary/aromatic N) is 9. The van der Waals surface area contributed by atoms with Crippen molar-refractivity contribution in [3.8, 4) is 29.1 Å². The smallest absolute Gasteiger partial charge is 0.209 e. The first kappa shape index (κ1) is 81.5. The van der Waals surface area contributed by atoms with Crippen LogP contribution in [0.1, 0.15) is 154 Å². The Kier molecular flexibility index (Phi) is 22.2. The highest BCUT2D eigenvalue weighted by atomic mass is 19.1. The molecule has 4 spiro atoms. The van der Waals surface area contributed by atoms with Gasteiger partial charge in [0.2, 0.25) is 5.43 Å². The summed E-state index contributed by atoms with van der Waals surface area (Å²) in [6, 6.07) is 23.2. The number of hydrogen-bond acceptors (Lipinski definition) is 21. The number of rotatable bonds is 20. The van der Waals surface area contributed by atoms with Crippen LogP contribution in [0.15, 0.2) is 142 Å².